The van der Waals surface area contributed by atoms with Crippen LogP contribution in [0.1, 0.15) is 32.1 Å². The molecule has 0 spiro atoms. The first kappa shape index (κ1) is 8.26. The van der Waals surface area contributed by atoms with Crippen LogP contribution in [0, 0.1) is 0 Å². The molecule has 0 aromatic carbocycles. The zero-order valence-corrected chi connectivity index (χ0v) is 8.20. The van der Waals surface area contributed by atoms with Crippen molar-refractivity contribution in [3.63, 3.8) is 0 Å². The summed E-state index contributed by atoms with van der Waals surface area (Å²) >= 11 is 0. The summed E-state index contributed by atoms with van der Waals surface area (Å²) in [5, 5.41) is 2.89. The second-order valence-corrected chi connectivity index (χ2v) is 4.37. The van der Waals surface area contributed by atoms with E-state index in [9.17, 15) is 4.79 Å². The molecular weight excluding hydrogens is 178 g/mol. The summed E-state index contributed by atoms with van der Waals surface area (Å²) in [6.07, 6.45) is 5.56. The largest absolute Gasteiger partial charge is 0.338 e. The number of amidine groups is 1. The van der Waals surface area contributed by atoms with Crippen LogP contribution in [0.25, 0.3) is 0 Å². The van der Waals surface area contributed by atoms with E-state index < -0.39 is 0 Å². The molecule has 2 atom stereocenters. The Labute approximate surface area is 83.4 Å². The maximum Gasteiger partial charge on any atom is 0.323 e. The van der Waals surface area contributed by atoms with Gasteiger partial charge in [0.2, 0.25) is 0 Å². The van der Waals surface area contributed by atoms with Crippen molar-refractivity contribution >= 4 is 11.9 Å². The topological polar surface area (TPSA) is 44.7 Å². The van der Waals surface area contributed by atoms with Crippen molar-refractivity contribution in [3.8, 4) is 0 Å². The smallest absolute Gasteiger partial charge is 0.323 e. The third-order valence-electron chi connectivity index (χ3n) is 3.43. The number of fused-ring (bicyclic) bond motifs is 3. The summed E-state index contributed by atoms with van der Waals surface area (Å²) in [4.78, 5) is 18.2. The van der Waals surface area contributed by atoms with Gasteiger partial charge in [-0.3, -0.25) is 9.89 Å². The minimum atomic E-state index is 0.0698. The van der Waals surface area contributed by atoms with E-state index in [1.54, 1.807) is 0 Å². The van der Waals surface area contributed by atoms with E-state index in [4.69, 9.17) is 0 Å². The predicted molar refractivity (Wildman–Crippen MR) is 53.3 cm³/mol. The Kier molecular flexibility index (Phi) is 1.75. The molecule has 0 saturated carbocycles. The molecule has 0 aromatic rings. The highest BCUT2D eigenvalue weighted by atomic mass is 16.2. The van der Waals surface area contributed by atoms with Gasteiger partial charge in [-0.15, -0.1) is 0 Å². The van der Waals surface area contributed by atoms with Crippen LogP contribution < -0.4 is 5.32 Å². The molecule has 76 valence electrons. The second-order valence-electron chi connectivity index (χ2n) is 4.37. The molecule has 2 amide bonds. The minimum absolute atomic E-state index is 0.0698. The van der Waals surface area contributed by atoms with Crippen LogP contribution in [-0.2, 0) is 0 Å². The van der Waals surface area contributed by atoms with Crippen LogP contribution >= 0.6 is 0 Å². The van der Waals surface area contributed by atoms with E-state index in [2.05, 4.69) is 10.3 Å². The van der Waals surface area contributed by atoms with Gasteiger partial charge in [-0.2, -0.15) is 0 Å². The van der Waals surface area contributed by atoms with Gasteiger partial charge >= 0.3 is 6.03 Å². The van der Waals surface area contributed by atoms with Gasteiger partial charge in [-0.05, 0) is 25.7 Å². The molecule has 2 bridgehead atoms. The number of hydrogen-bond donors (Lipinski definition) is 1. The quantitative estimate of drug-likeness (QED) is 0.615. The molecular formula is C10H15N3O. The third-order valence-corrected chi connectivity index (χ3v) is 3.43. The number of hydrogen-bond acceptors (Lipinski definition) is 2. The summed E-state index contributed by atoms with van der Waals surface area (Å²) < 4.78 is 0. The molecule has 1 fully saturated rings. The number of carbonyl (C=O) groups excluding carboxylic acids is 1. The van der Waals surface area contributed by atoms with Gasteiger partial charge in [0.25, 0.3) is 0 Å². The van der Waals surface area contributed by atoms with Crippen molar-refractivity contribution in [2.24, 2.45) is 4.99 Å². The molecule has 0 aromatic heterocycles. The van der Waals surface area contributed by atoms with Crippen molar-refractivity contribution in [1.82, 2.24) is 10.2 Å². The van der Waals surface area contributed by atoms with Gasteiger partial charge in [0.05, 0.1) is 6.04 Å². The van der Waals surface area contributed by atoms with Gasteiger partial charge < -0.3 is 5.32 Å². The summed E-state index contributed by atoms with van der Waals surface area (Å²) in [7, 11) is 0. The molecule has 0 aliphatic carbocycles. The van der Waals surface area contributed by atoms with E-state index in [1.807, 2.05) is 4.90 Å². The van der Waals surface area contributed by atoms with Crippen LogP contribution in [0.15, 0.2) is 4.99 Å². The Balaban J connectivity index is 1.93. The van der Waals surface area contributed by atoms with E-state index in [0.717, 1.165) is 31.6 Å². The molecule has 1 N–H and O–H groups in total. The lowest BCUT2D eigenvalue weighted by Crippen LogP contribution is -2.58. The second kappa shape index (κ2) is 2.97. The van der Waals surface area contributed by atoms with E-state index in [1.165, 1.54) is 12.8 Å². The number of urea groups is 1. The summed E-state index contributed by atoms with van der Waals surface area (Å²) in [5.74, 6) is 1.04. The molecule has 3 aliphatic heterocycles. The normalized spacial score (nSPS) is 35.9. The number of aliphatic imine (C=N–C) groups is 1. The fraction of sp³-hybridized carbons (Fsp3) is 0.800. The maximum atomic E-state index is 11.7. The highest BCUT2D eigenvalue weighted by Crippen LogP contribution is 2.30. The molecule has 1 saturated heterocycles. The average Bonchev–Trinajstić information content (AvgIpc) is 2.17. The Morgan fingerprint density at radius 3 is 3.29 bits per heavy atom. The minimum Gasteiger partial charge on any atom is -0.338 e. The van der Waals surface area contributed by atoms with E-state index >= 15 is 0 Å². The van der Waals surface area contributed by atoms with Crippen molar-refractivity contribution in [1.29, 1.82) is 0 Å². The molecule has 0 radical (unpaired) electrons. The lowest BCUT2D eigenvalue weighted by Gasteiger charge is -2.43. The Bertz CT molecular complexity index is 300. The summed E-state index contributed by atoms with van der Waals surface area (Å²) in [5.41, 5.74) is 0. The molecule has 4 heteroatoms. The molecule has 3 heterocycles. The predicted octanol–water partition coefficient (Wildman–Crippen LogP) is 1.13. The maximum absolute atomic E-state index is 11.7. The highest BCUT2D eigenvalue weighted by Gasteiger charge is 2.38. The van der Waals surface area contributed by atoms with E-state index in [0.29, 0.717) is 12.1 Å². The first-order valence-electron chi connectivity index (χ1n) is 5.48. The Morgan fingerprint density at radius 2 is 2.36 bits per heavy atom. The first-order valence-corrected chi connectivity index (χ1v) is 5.48. The summed E-state index contributed by atoms with van der Waals surface area (Å²) in [6.45, 7) is 0.833. The number of nitrogens with zero attached hydrogens (tertiary/aromatic N) is 2. The van der Waals surface area contributed by atoms with Gasteiger partial charge in [0.15, 0.2) is 0 Å². The lowest BCUT2D eigenvalue weighted by molar-refractivity contribution is 0.174. The van der Waals surface area contributed by atoms with Crippen molar-refractivity contribution in [3.05, 3.63) is 0 Å². The molecule has 14 heavy (non-hydrogen) atoms. The lowest BCUT2D eigenvalue weighted by atomic mass is 9.91. The van der Waals surface area contributed by atoms with Crippen LogP contribution in [0.3, 0.4) is 0 Å². The Hall–Kier alpha value is -1.06. The number of rotatable bonds is 0. The van der Waals surface area contributed by atoms with Crippen molar-refractivity contribution < 1.29 is 4.79 Å². The first-order chi connectivity index (χ1) is 6.84. The average molecular weight is 193 g/mol. The molecule has 2 unspecified atom stereocenters. The monoisotopic (exact) mass is 193 g/mol. The fourth-order valence-electron chi connectivity index (χ4n) is 2.78. The third kappa shape index (κ3) is 1.13. The van der Waals surface area contributed by atoms with Crippen LogP contribution in [0.5, 0.6) is 0 Å². The SMILES string of the molecule is O=C1NCCC2CC3CCCC(=N3)N12. The van der Waals surface area contributed by atoms with Crippen LogP contribution in [0.2, 0.25) is 0 Å². The van der Waals surface area contributed by atoms with Gasteiger partial charge in [0.1, 0.15) is 5.84 Å². The van der Waals surface area contributed by atoms with Gasteiger partial charge in [0, 0.05) is 19.0 Å². The molecule has 3 aliphatic rings. The van der Waals surface area contributed by atoms with Gasteiger partial charge in [-0.25, -0.2) is 4.79 Å². The molecule has 4 nitrogen and oxygen atoms in total. The van der Waals surface area contributed by atoms with Crippen molar-refractivity contribution in [2.75, 3.05) is 6.54 Å². The zero-order chi connectivity index (χ0) is 9.54. The van der Waals surface area contributed by atoms with Crippen LogP contribution in [-0.4, -0.2) is 35.4 Å². The van der Waals surface area contributed by atoms with E-state index in [-0.39, 0.29) is 6.03 Å². The molecule has 3 rings (SSSR count). The van der Waals surface area contributed by atoms with Gasteiger partial charge in [-0.1, -0.05) is 0 Å². The number of amides is 2. The van der Waals surface area contributed by atoms with Crippen molar-refractivity contribution in [2.45, 2.75) is 44.2 Å². The number of carbonyl (C=O) groups is 1. The fourth-order valence-corrected chi connectivity index (χ4v) is 2.78. The summed E-state index contributed by atoms with van der Waals surface area (Å²) in [6, 6.07) is 1.01. The van der Waals surface area contributed by atoms with Crippen LogP contribution in [0.4, 0.5) is 4.79 Å². The standard InChI is InChI=1S/C10H15N3O/c14-10-11-5-4-8-6-7-2-1-3-9(12-7)13(8)10/h7-8H,1-6H2,(H,11,14). The number of nitrogens with one attached hydrogen (secondary N) is 1. The Morgan fingerprint density at radius 1 is 1.43 bits per heavy atom. The zero-order valence-electron chi connectivity index (χ0n) is 8.20. The highest BCUT2D eigenvalue weighted by molar-refractivity contribution is 5.99.